The highest BCUT2D eigenvalue weighted by atomic mass is 16.2. The number of nitrogens with one attached hydrogen (secondary N) is 1. The molecule has 3 rings (SSSR count). The number of carbonyl (C=O) groups excluding carboxylic acids is 1. The van der Waals surface area contributed by atoms with E-state index in [4.69, 9.17) is 0 Å². The van der Waals surface area contributed by atoms with Crippen LogP contribution in [0.25, 0.3) is 0 Å². The summed E-state index contributed by atoms with van der Waals surface area (Å²) in [6.45, 7) is 10.0. The van der Waals surface area contributed by atoms with E-state index < -0.39 is 0 Å². The molecule has 1 unspecified atom stereocenters. The Morgan fingerprint density at radius 2 is 2.11 bits per heavy atom. The Morgan fingerprint density at radius 1 is 1.26 bits per heavy atom. The van der Waals surface area contributed by atoms with Crippen molar-refractivity contribution in [3.05, 3.63) is 0 Å². The van der Waals surface area contributed by atoms with E-state index in [1.165, 1.54) is 13.0 Å². The van der Waals surface area contributed by atoms with Crippen molar-refractivity contribution in [3.63, 3.8) is 0 Å². The largest absolute Gasteiger partial charge is 0.341 e. The molecule has 108 valence electrons. The Kier molecular flexibility index (Phi) is 3.81. The molecule has 2 heterocycles. The van der Waals surface area contributed by atoms with Crippen molar-refractivity contribution in [1.82, 2.24) is 15.1 Å². The average Bonchev–Trinajstić information content (AvgIpc) is 3.17. The molecule has 1 aliphatic carbocycles. The lowest BCUT2D eigenvalue weighted by Gasteiger charge is -2.31. The van der Waals surface area contributed by atoms with Crippen LogP contribution in [0.15, 0.2) is 0 Å². The highest BCUT2D eigenvalue weighted by Gasteiger charge is 2.35. The van der Waals surface area contributed by atoms with Crippen LogP contribution in [-0.2, 0) is 4.79 Å². The first-order valence-electron chi connectivity index (χ1n) is 7.88. The second-order valence-electron chi connectivity index (χ2n) is 6.97. The average molecular weight is 265 g/mol. The zero-order valence-electron chi connectivity index (χ0n) is 12.2. The van der Waals surface area contributed by atoms with Crippen molar-refractivity contribution in [1.29, 1.82) is 0 Å². The van der Waals surface area contributed by atoms with Crippen LogP contribution in [0.1, 0.15) is 32.6 Å². The quantitative estimate of drug-likeness (QED) is 0.824. The molecule has 0 bridgehead atoms. The lowest BCUT2D eigenvalue weighted by molar-refractivity contribution is -0.132. The van der Waals surface area contributed by atoms with E-state index >= 15 is 0 Å². The van der Waals surface area contributed by atoms with Crippen molar-refractivity contribution in [2.45, 2.75) is 32.6 Å². The van der Waals surface area contributed by atoms with Gasteiger partial charge < -0.3 is 15.1 Å². The van der Waals surface area contributed by atoms with Gasteiger partial charge in [-0.3, -0.25) is 4.79 Å². The lowest BCUT2D eigenvalue weighted by atomic mass is 9.89. The molecule has 2 aliphatic heterocycles. The summed E-state index contributed by atoms with van der Waals surface area (Å²) >= 11 is 0. The summed E-state index contributed by atoms with van der Waals surface area (Å²) in [4.78, 5) is 16.8. The monoisotopic (exact) mass is 265 g/mol. The maximum Gasteiger partial charge on any atom is 0.225 e. The second kappa shape index (κ2) is 5.41. The van der Waals surface area contributed by atoms with Crippen molar-refractivity contribution in [3.8, 4) is 0 Å². The fourth-order valence-corrected chi connectivity index (χ4v) is 3.48. The predicted octanol–water partition coefficient (Wildman–Crippen LogP) is 0.930. The first-order chi connectivity index (χ1) is 9.16. The Bertz CT molecular complexity index is 334. The van der Waals surface area contributed by atoms with Gasteiger partial charge in [0.2, 0.25) is 5.91 Å². The SMILES string of the molecule is CC1(CN2CCCN(C(=O)C3CC3)CC2)CCNC1. The maximum atomic E-state index is 12.1. The fourth-order valence-electron chi connectivity index (χ4n) is 3.48. The Balaban J connectivity index is 1.50. The molecular formula is C15H27N3O. The van der Waals surface area contributed by atoms with Crippen LogP contribution in [0.3, 0.4) is 0 Å². The smallest absolute Gasteiger partial charge is 0.225 e. The van der Waals surface area contributed by atoms with Gasteiger partial charge in [-0.25, -0.2) is 0 Å². The van der Waals surface area contributed by atoms with Gasteiger partial charge in [0, 0.05) is 38.6 Å². The second-order valence-corrected chi connectivity index (χ2v) is 6.97. The first-order valence-corrected chi connectivity index (χ1v) is 7.88. The molecule has 1 amide bonds. The van der Waals surface area contributed by atoms with Crippen LogP contribution in [0.4, 0.5) is 0 Å². The van der Waals surface area contributed by atoms with Crippen LogP contribution in [0.2, 0.25) is 0 Å². The molecule has 19 heavy (non-hydrogen) atoms. The molecule has 0 aromatic heterocycles. The molecule has 4 heteroatoms. The van der Waals surface area contributed by atoms with E-state index in [1.807, 2.05) is 0 Å². The van der Waals surface area contributed by atoms with Gasteiger partial charge in [-0.05, 0) is 44.2 Å². The number of hydrogen-bond donors (Lipinski definition) is 1. The summed E-state index contributed by atoms with van der Waals surface area (Å²) in [5.41, 5.74) is 0.440. The van der Waals surface area contributed by atoms with Crippen molar-refractivity contribution >= 4 is 5.91 Å². The minimum atomic E-state index is 0.378. The van der Waals surface area contributed by atoms with Crippen LogP contribution in [0.5, 0.6) is 0 Å². The number of amides is 1. The zero-order chi connectivity index (χ0) is 13.3. The summed E-state index contributed by atoms with van der Waals surface area (Å²) in [6, 6.07) is 0. The minimum Gasteiger partial charge on any atom is -0.341 e. The summed E-state index contributed by atoms with van der Waals surface area (Å²) < 4.78 is 0. The third-order valence-electron chi connectivity index (χ3n) is 4.89. The van der Waals surface area contributed by atoms with Crippen LogP contribution >= 0.6 is 0 Å². The molecule has 3 aliphatic rings. The standard InChI is InChI=1S/C15H27N3O/c1-15(5-6-16-11-15)12-17-7-2-8-18(10-9-17)14(19)13-3-4-13/h13,16H,2-12H2,1H3. The van der Waals surface area contributed by atoms with Gasteiger partial charge in [-0.2, -0.15) is 0 Å². The van der Waals surface area contributed by atoms with Gasteiger partial charge in [0.1, 0.15) is 0 Å². The summed E-state index contributed by atoms with van der Waals surface area (Å²) in [5, 5.41) is 3.48. The fraction of sp³-hybridized carbons (Fsp3) is 0.933. The number of carbonyl (C=O) groups is 1. The van der Waals surface area contributed by atoms with Gasteiger partial charge in [-0.1, -0.05) is 6.92 Å². The minimum absolute atomic E-state index is 0.378. The highest BCUT2D eigenvalue weighted by molar-refractivity contribution is 5.81. The normalized spacial score (nSPS) is 33.4. The van der Waals surface area contributed by atoms with Gasteiger partial charge in [0.15, 0.2) is 0 Å². The molecule has 1 N–H and O–H groups in total. The highest BCUT2D eigenvalue weighted by Crippen LogP contribution is 2.31. The first kappa shape index (κ1) is 13.4. The molecule has 3 fully saturated rings. The maximum absolute atomic E-state index is 12.1. The van der Waals surface area contributed by atoms with E-state index in [1.54, 1.807) is 0 Å². The molecule has 0 aromatic rings. The van der Waals surface area contributed by atoms with Gasteiger partial charge in [-0.15, -0.1) is 0 Å². The summed E-state index contributed by atoms with van der Waals surface area (Å²) in [5.74, 6) is 0.804. The number of nitrogens with zero attached hydrogens (tertiary/aromatic N) is 2. The van der Waals surface area contributed by atoms with E-state index in [2.05, 4.69) is 22.0 Å². The van der Waals surface area contributed by atoms with Crippen LogP contribution in [0, 0.1) is 11.3 Å². The molecule has 0 spiro atoms. The Hall–Kier alpha value is -0.610. The molecular weight excluding hydrogens is 238 g/mol. The lowest BCUT2D eigenvalue weighted by Crippen LogP contribution is -2.40. The topological polar surface area (TPSA) is 35.6 Å². The van der Waals surface area contributed by atoms with E-state index in [0.717, 1.165) is 58.5 Å². The Morgan fingerprint density at radius 3 is 2.79 bits per heavy atom. The van der Waals surface area contributed by atoms with Crippen molar-refractivity contribution in [2.24, 2.45) is 11.3 Å². The van der Waals surface area contributed by atoms with Gasteiger partial charge >= 0.3 is 0 Å². The summed E-state index contributed by atoms with van der Waals surface area (Å²) in [6.07, 6.45) is 4.68. The van der Waals surface area contributed by atoms with Gasteiger partial charge in [0.05, 0.1) is 0 Å². The summed E-state index contributed by atoms with van der Waals surface area (Å²) in [7, 11) is 0. The molecule has 4 nitrogen and oxygen atoms in total. The molecule has 2 saturated heterocycles. The zero-order valence-corrected chi connectivity index (χ0v) is 12.2. The molecule has 1 atom stereocenters. The molecule has 0 radical (unpaired) electrons. The third-order valence-corrected chi connectivity index (χ3v) is 4.89. The van der Waals surface area contributed by atoms with E-state index in [0.29, 0.717) is 17.2 Å². The van der Waals surface area contributed by atoms with Crippen molar-refractivity contribution < 1.29 is 4.79 Å². The van der Waals surface area contributed by atoms with E-state index in [9.17, 15) is 4.79 Å². The van der Waals surface area contributed by atoms with Crippen molar-refractivity contribution in [2.75, 3.05) is 45.8 Å². The number of rotatable bonds is 3. The third kappa shape index (κ3) is 3.29. The Labute approximate surface area is 116 Å². The molecule has 1 saturated carbocycles. The number of hydrogen-bond acceptors (Lipinski definition) is 3. The van der Waals surface area contributed by atoms with E-state index in [-0.39, 0.29) is 0 Å². The van der Waals surface area contributed by atoms with Gasteiger partial charge in [0.25, 0.3) is 0 Å². The predicted molar refractivity (Wildman–Crippen MR) is 76.0 cm³/mol. The van der Waals surface area contributed by atoms with Crippen LogP contribution in [-0.4, -0.2) is 61.5 Å². The molecule has 0 aromatic carbocycles. The van der Waals surface area contributed by atoms with Crippen LogP contribution < -0.4 is 5.32 Å².